The Morgan fingerprint density at radius 1 is 1.00 bits per heavy atom. The molecule has 0 N–H and O–H groups in total. The van der Waals surface area contributed by atoms with Gasteiger partial charge in [0.15, 0.2) is 0 Å². The van der Waals surface area contributed by atoms with Crippen LogP contribution < -0.4 is 0 Å². The fourth-order valence-corrected chi connectivity index (χ4v) is 1.90. The summed E-state index contributed by atoms with van der Waals surface area (Å²) in [5.41, 5.74) is 0.507. The first-order valence-electron chi connectivity index (χ1n) is 5.88. The fraction of sp³-hybridized carbons (Fsp3) is 1.00. The molecule has 0 spiro atoms. The lowest BCUT2D eigenvalue weighted by Gasteiger charge is -2.32. The van der Waals surface area contributed by atoms with Crippen molar-refractivity contribution in [2.45, 2.75) is 33.6 Å². The molecule has 1 aliphatic heterocycles. The third-order valence-electron chi connectivity index (χ3n) is 3.00. The second-order valence-electron chi connectivity index (χ2n) is 5.81. The number of nitrogens with zero attached hydrogens (tertiary/aromatic N) is 2. The Kier molecular flexibility index (Phi) is 4.39. The Hall–Kier alpha value is -0.0800. The number of hydrogen-bond donors (Lipinski definition) is 0. The van der Waals surface area contributed by atoms with Gasteiger partial charge in [-0.2, -0.15) is 0 Å². The maximum Gasteiger partial charge on any atom is 0.0110 e. The molecule has 0 atom stereocenters. The molecule has 1 aliphatic rings. The monoisotopic (exact) mass is 198 g/mol. The van der Waals surface area contributed by atoms with Crippen LogP contribution in [0.15, 0.2) is 0 Å². The van der Waals surface area contributed by atoms with Crippen LogP contribution in [0.25, 0.3) is 0 Å². The van der Waals surface area contributed by atoms with E-state index in [2.05, 4.69) is 37.6 Å². The molecule has 0 radical (unpaired) electrons. The maximum atomic E-state index is 2.60. The van der Waals surface area contributed by atoms with Crippen molar-refractivity contribution in [1.82, 2.24) is 9.80 Å². The Morgan fingerprint density at radius 2 is 1.57 bits per heavy atom. The summed E-state index contributed by atoms with van der Waals surface area (Å²) in [5.74, 6) is 0. The molecule has 84 valence electrons. The maximum absolute atomic E-state index is 2.60. The van der Waals surface area contributed by atoms with Crippen molar-refractivity contribution < 1.29 is 0 Å². The second kappa shape index (κ2) is 5.13. The summed E-state index contributed by atoms with van der Waals surface area (Å²) >= 11 is 0. The first kappa shape index (κ1) is 12.0. The lowest BCUT2D eigenvalue weighted by molar-refractivity contribution is 0.147. The van der Waals surface area contributed by atoms with Gasteiger partial charge in [0.1, 0.15) is 0 Å². The summed E-state index contributed by atoms with van der Waals surface area (Å²) in [7, 11) is 2.21. The van der Waals surface area contributed by atoms with Crippen LogP contribution in [0.5, 0.6) is 0 Å². The van der Waals surface area contributed by atoms with Crippen molar-refractivity contribution in [2.24, 2.45) is 5.41 Å². The van der Waals surface area contributed by atoms with Crippen LogP contribution >= 0.6 is 0 Å². The van der Waals surface area contributed by atoms with Crippen molar-refractivity contribution in [3.05, 3.63) is 0 Å². The molecule has 0 aromatic rings. The van der Waals surface area contributed by atoms with Gasteiger partial charge in [-0.1, -0.05) is 20.8 Å². The van der Waals surface area contributed by atoms with E-state index >= 15 is 0 Å². The average Bonchev–Trinajstić information content (AvgIpc) is 2.06. The minimum atomic E-state index is 0.507. The molecule has 1 saturated heterocycles. The normalized spacial score (nSPS) is 21.4. The average molecular weight is 198 g/mol. The van der Waals surface area contributed by atoms with Gasteiger partial charge in [0.2, 0.25) is 0 Å². The van der Waals surface area contributed by atoms with E-state index in [9.17, 15) is 0 Å². The van der Waals surface area contributed by atoms with E-state index in [0.29, 0.717) is 5.41 Å². The van der Waals surface area contributed by atoms with Crippen LogP contribution in [0, 0.1) is 5.41 Å². The molecule has 14 heavy (non-hydrogen) atoms. The molecule has 0 aliphatic carbocycles. The number of rotatable bonds is 3. The van der Waals surface area contributed by atoms with Gasteiger partial charge in [-0.25, -0.2) is 0 Å². The lowest BCUT2D eigenvalue weighted by atomic mass is 9.90. The van der Waals surface area contributed by atoms with E-state index in [1.165, 1.54) is 45.6 Å². The summed E-state index contributed by atoms with van der Waals surface area (Å²) in [5, 5.41) is 0. The lowest BCUT2D eigenvalue weighted by Crippen LogP contribution is -2.44. The Morgan fingerprint density at radius 3 is 2.07 bits per heavy atom. The third-order valence-corrected chi connectivity index (χ3v) is 3.00. The molecule has 0 bridgehead atoms. The first-order chi connectivity index (χ1) is 6.47. The van der Waals surface area contributed by atoms with E-state index in [4.69, 9.17) is 0 Å². The van der Waals surface area contributed by atoms with Gasteiger partial charge in [0.05, 0.1) is 0 Å². The zero-order valence-corrected chi connectivity index (χ0v) is 10.3. The van der Waals surface area contributed by atoms with Crippen molar-refractivity contribution in [1.29, 1.82) is 0 Å². The number of likely N-dealkylation sites (N-methyl/N-ethyl adjacent to an activating group) is 1. The molecular weight excluding hydrogens is 172 g/mol. The molecule has 0 unspecified atom stereocenters. The van der Waals surface area contributed by atoms with Crippen LogP contribution in [-0.4, -0.2) is 49.6 Å². The summed E-state index contributed by atoms with van der Waals surface area (Å²) in [6.07, 6.45) is 2.70. The van der Waals surface area contributed by atoms with Gasteiger partial charge in [-0.15, -0.1) is 0 Å². The van der Waals surface area contributed by atoms with Crippen molar-refractivity contribution in [3.63, 3.8) is 0 Å². The van der Waals surface area contributed by atoms with E-state index in [1.54, 1.807) is 0 Å². The summed E-state index contributed by atoms with van der Waals surface area (Å²) in [6, 6.07) is 0. The summed E-state index contributed by atoms with van der Waals surface area (Å²) in [4.78, 5) is 5.02. The highest BCUT2D eigenvalue weighted by Gasteiger charge is 2.15. The van der Waals surface area contributed by atoms with Crippen molar-refractivity contribution in [2.75, 3.05) is 39.8 Å². The SMILES string of the molecule is CN1CCN(CCCC(C)(C)C)CC1. The predicted molar refractivity (Wildman–Crippen MR) is 62.6 cm³/mol. The Labute approximate surface area is 89.3 Å². The van der Waals surface area contributed by atoms with E-state index < -0.39 is 0 Å². The van der Waals surface area contributed by atoms with Gasteiger partial charge in [0, 0.05) is 26.2 Å². The molecule has 1 heterocycles. The molecule has 0 aromatic heterocycles. The van der Waals surface area contributed by atoms with Crippen LogP contribution in [0.1, 0.15) is 33.6 Å². The van der Waals surface area contributed by atoms with Crippen LogP contribution in [0.2, 0.25) is 0 Å². The minimum absolute atomic E-state index is 0.507. The van der Waals surface area contributed by atoms with Gasteiger partial charge >= 0.3 is 0 Å². The highest BCUT2D eigenvalue weighted by Crippen LogP contribution is 2.20. The topological polar surface area (TPSA) is 6.48 Å². The number of hydrogen-bond acceptors (Lipinski definition) is 2. The second-order valence-corrected chi connectivity index (χ2v) is 5.81. The molecule has 0 saturated carbocycles. The van der Waals surface area contributed by atoms with Crippen LogP contribution in [0.4, 0.5) is 0 Å². The quantitative estimate of drug-likeness (QED) is 0.685. The first-order valence-corrected chi connectivity index (χ1v) is 5.88. The molecule has 0 amide bonds. The number of piperazine rings is 1. The molecular formula is C12H26N2. The van der Waals surface area contributed by atoms with E-state index in [1.807, 2.05) is 0 Å². The van der Waals surface area contributed by atoms with Gasteiger partial charge in [-0.05, 0) is 31.8 Å². The standard InChI is InChI=1S/C12H26N2/c1-12(2,3)6-5-7-14-10-8-13(4)9-11-14/h5-11H2,1-4H3. The van der Waals surface area contributed by atoms with Crippen LogP contribution in [0.3, 0.4) is 0 Å². The van der Waals surface area contributed by atoms with Gasteiger partial charge in [0.25, 0.3) is 0 Å². The summed E-state index contributed by atoms with van der Waals surface area (Å²) < 4.78 is 0. The minimum Gasteiger partial charge on any atom is -0.304 e. The zero-order chi connectivity index (χ0) is 10.6. The van der Waals surface area contributed by atoms with Gasteiger partial charge in [-0.3, -0.25) is 0 Å². The highest BCUT2D eigenvalue weighted by atomic mass is 15.2. The smallest absolute Gasteiger partial charge is 0.0110 e. The van der Waals surface area contributed by atoms with E-state index in [-0.39, 0.29) is 0 Å². The van der Waals surface area contributed by atoms with Gasteiger partial charge < -0.3 is 9.80 Å². The molecule has 1 fully saturated rings. The van der Waals surface area contributed by atoms with Crippen LogP contribution in [-0.2, 0) is 0 Å². The van der Waals surface area contributed by atoms with E-state index in [0.717, 1.165) is 0 Å². The predicted octanol–water partition coefficient (Wildman–Crippen LogP) is 2.06. The molecule has 1 rings (SSSR count). The molecule has 2 heteroatoms. The zero-order valence-electron chi connectivity index (χ0n) is 10.3. The van der Waals surface area contributed by atoms with Crippen molar-refractivity contribution in [3.8, 4) is 0 Å². The summed E-state index contributed by atoms with van der Waals surface area (Å²) in [6.45, 7) is 13.3. The van der Waals surface area contributed by atoms with Crippen molar-refractivity contribution >= 4 is 0 Å². The molecule has 0 aromatic carbocycles. The Bertz CT molecular complexity index is 152. The largest absolute Gasteiger partial charge is 0.304 e. The fourth-order valence-electron chi connectivity index (χ4n) is 1.90. The highest BCUT2D eigenvalue weighted by molar-refractivity contribution is 4.70. The third kappa shape index (κ3) is 4.97. The molecule has 2 nitrogen and oxygen atoms in total. The Balaban J connectivity index is 2.08.